The van der Waals surface area contributed by atoms with Gasteiger partial charge in [0.05, 0.1) is 6.10 Å². The third kappa shape index (κ3) is 6.88. The highest BCUT2D eigenvalue weighted by Crippen LogP contribution is 1.84. The normalized spacial score (nSPS) is 9.69. The van der Waals surface area contributed by atoms with Gasteiger partial charge >= 0.3 is 12.1 Å². The third-order valence-electron chi connectivity index (χ3n) is 1.34. The van der Waals surface area contributed by atoms with E-state index in [2.05, 4.69) is 10.6 Å². The maximum atomic E-state index is 10.3. The monoisotopic (exact) mass is 190 g/mol. The zero-order chi connectivity index (χ0) is 10.3. The lowest BCUT2D eigenvalue weighted by molar-refractivity contribution is 0.104. The molecule has 0 bridgehead atoms. The molecule has 0 aromatic rings. The van der Waals surface area contributed by atoms with Gasteiger partial charge in [0.1, 0.15) is 0 Å². The minimum Gasteiger partial charge on any atom is -0.378 e. The van der Waals surface area contributed by atoms with Crippen molar-refractivity contribution in [3.63, 3.8) is 0 Å². The molecule has 0 spiro atoms. The van der Waals surface area contributed by atoms with Crippen LogP contribution in [0.15, 0.2) is 0 Å². The molecule has 7 nitrogen and oxygen atoms in total. The number of hydrogen-bond donors (Lipinski definition) is 4. The second-order valence-corrected chi connectivity index (χ2v) is 2.35. The summed E-state index contributed by atoms with van der Waals surface area (Å²) >= 11 is 0. The van der Waals surface area contributed by atoms with Crippen LogP contribution in [0.3, 0.4) is 0 Å². The van der Waals surface area contributed by atoms with Crippen LogP contribution in [0.1, 0.15) is 0 Å². The molecule has 0 aromatic carbocycles. The largest absolute Gasteiger partial charge is 0.378 e. The van der Waals surface area contributed by atoms with Gasteiger partial charge in [0.15, 0.2) is 0 Å². The number of ether oxygens (including phenoxy) is 1. The Kier molecular flexibility index (Phi) is 5.37. The van der Waals surface area contributed by atoms with E-state index in [-0.39, 0.29) is 19.2 Å². The molecule has 0 saturated carbocycles. The molecule has 0 aliphatic rings. The summed E-state index contributed by atoms with van der Waals surface area (Å²) < 4.78 is 4.91. The molecule has 0 unspecified atom stereocenters. The van der Waals surface area contributed by atoms with E-state index in [1.807, 2.05) is 0 Å². The van der Waals surface area contributed by atoms with Crippen molar-refractivity contribution in [3.8, 4) is 0 Å². The summed E-state index contributed by atoms with van der Waals surface area (Å²) in [6.07, 6.45) is -0.333. The average molecular weight is 190 g/mol. The van der Waals surface area contributed by atoms with E-state index in [1.165, 1.54) is 7.11 Å². The third-order valence-corrected chi connectivity index (χ3v) is 1.34. The van der Waals surface area contributed by atoms with Crippen molar-refractivity contribution in [3.05, 3.63) is 0 Å². The predicted octanol–water partition coefficient (Wildman–Crippen LogP) is -1.66. The molecular weight excluding hydrogens is 176 g/mol. The van der Waals surface area contributed by atoms with Gasteiger partial charge in [-0.3, -0.25) is 0 Å². The number of nitrogens with one attached hydrogen (secondary N) is 2. The Labute approximate surface area is 75.8 Å². The lowest BCUT2D eigenvalue weighted by Crippen LogP contribution is -2.43. The first-order valence-electron chi connectivity index (χ1n) is 3.65. The lowest BCUT2D eigenvalue weighted by atomic mass is 10.3. The van der Waals surface area contributed by atoms with Gasteiger partial charge in [0.2, 0.25) is 0 Å². The molecule has 4 amide bonds. The summed E-state index contributed by atoms with van der Waals surface area (Å²) in [5.74, 6) is 0. The van der Waals surface area contributed by atoms with Crippen LogP contribution in [-0.2, 0) is 4.74 Å². The Morgan fingerprint density at radius 3 is 1.85 bits per heavy atom. The highest BCUT2D eigenvalue weighted by molar-refractivity contribution is 5.72. The van der Waals surface area contributed by atoms with Gasteiger partial charge in [-0.1, -0.05) is 0 Å². The molecule has 0 fully saturated rings. The lowest BCUT2D eigenvalue weighted by Gasteiger charge is -2.14. The fourth-order valence-corrected chi connectivity index (χ4v) is 0.668. The minimum atomic E-state index is -0.638. The minimum absolute atomic E-state index is 0.228. The number of methoxy groups -OCH3 is 1. The van der Waals surface area contributed by atoms with Crippen LogP contribution in [0.5, 0.6) is 0 Å². The zero-order valence-electron chi connectivity index (χ0n) is 7.37. The highest BCUT2D eigenvalue weighted by atomic mass is 16.5. The molecule has 0 aliphatic carbocycles. The second-order valence-electron chi connectivity index (χ2n) is 2.35. The molecule has 0 heterocycles. The fourth-order valence-electron chi connectivity index (χ4n) is 0.668. The van der Waals surface area contributed by atoms with Crippen molar-refractivity contribution in [2.24, 2.45) is 11.5 Å². The average Bonchev–Trinajstić information content (AvgIpc) is 2.04. The van der Waals surface area contributed by atoms with Crippen LogP contribution in [0, 0.1) is 0 Å². The Morgan fingerprint density at radius 2 is 1.62 bits per heavy atom. The smallest absolute Gasteiger partial charge is 0.312 e. The first-order chi connectivity index (χ1) is 6.06. The highest BCUT2D eigenvalue weighted by Gasteiger charge is 2.08. The SMILES string of the molecule is COC(CNC(N)=O)CNC(N)=O. The fraction of sp³-hybridized carbons (Fsp3) is 0.667. The van der Waals surface area contributed by atoms with Crippen LogP contribution in [-0.4, -0.2) is 38.4 Å². The number of hydrogen-bond acceptors (Lipinski definition) is 3. The Hall–Kier alpha value is -1.50. The number of nitrogens with two attached hydrogens (primary N) is 2. The first-order valence-corrected chi connectivity index (χ1v) is 3.65. The van der Waals surface area contributed by atoms with Crippen molar-refractivity contribution in [1.29, 1.82) is 0 Å². The summed E-state index contributed by atoms with van der Waals surface area (Å²) in [5, 5.41) is 4.68. The van der Waals surface area contributed by atoms with E-state index < -0.39 is 12.1 Å². The molecule has 76 valence electrons. The van der Waals surface area contributed by atoms with E-state index >= 15 is 0 Å². The molecule has 13 heavy (non-hydrogen) atoms. The second kappa shape index (κ2) is 6.06. The van der Waals surface area contributed by atoms with Crippen LogP contribution >= 0.6 is 0 Å². The van der Waals surface area contributed by atoms with Crippen LogP contribution in [0.25, 0.3) is 0 Å². The summed E-state index contributed by atoms with van der Waals surface area (Å²) in [6.45, 7) is 0.457. The molecule has 0 saturated heterocycles. The van der Waals surface area contributed by atoms with E-state index in [4.69, 9.17) is 16.2 Å². The van der Waals surface area contributed by atoms with Crippen molar-refractivity contribution in [2.45, 2.75) is 6.10 Å². The number of amides is 4. The number of carbonyl (C=O) groups excluding carboxylic acids is 2. The van der Waals surface area contributed by atoms with Crippen molar-refractivity contribution in [1.82, 2.24) is 10.6 Å². The molecule has 0 radical (unpaired) electrons. The van der Waals surface area contributed by atoms with Crippen molar-refractivity contribution < 1.29 is 14.3 Å². The van der Waals surface area contributed by atoms with Crippen LogP contribution in [0.4, 0.5) is 9.59 Å². The Bertz CT molecular complexity index is 167. The van der Waals surface area contributed by atoms with Gasteiger partial charge in [-0.25, -0.2) is 9.59 Å². The van der Waals surface area contributed by atoms with E-state index in [9.17, 15) is 9.59 Å². The van der Waals surface area contributed by atoms with E-state index in [0.717, 1.165) is 0 Å². The zero-order valence-corrected chi connectivity index (χ0v) is 7.37. The summed E-state index contributed by atoms with van der Waals surface area (Å²) in [5.41, 5.74) is 9.67. The molecule has 0 atom stereocenters. The van der Waals surface area contributed by atoms with E-state index in [0.29, 0.717) is 0 Å². The number of urea groups is 2. The van der Waals surface area contributed by atoms with Gasteiger partial charge in [0, 0.05) is 20.2 Å². The molecule has 7 heteroatoms. The summed E-state index contributed by atoms with van der Waals surface area (Å²) in [6, 6.07) is -1.28. The predicted molar refractivity (Wildman–Crippen MR) is 46.0 cm³/mol. The quantitative estimate of drug-likeness (QED) is 0.415. The maximum absolute atomic E-state index is 10.3. The number of carbonyl (C=O) groups is 2. The maximum Gasteiger partial charge on any atom is 0.312 e. The van der Waals surface area contributed by atoms with Crippen molar-refractivity contribution in [2.75, 3.05) is 20.2 Å². The number of rotatable bonds is 5. The van der Waals surface area contributed by atoms with Crippen molar-refractivity contribution >= 4 is 12.1 Å². The van der Waals surface area contributed by atoms with Gasteiger partial charge in [-0.05, 0) is 0 Å². The van der Waals surface area contributed by atoms with Gasteiger partial charge in [-0.2, -0.15) is 0 Å². The molecule has 0 aliphatic heterocycles. The van der Waals surface area contributed by atoms with Crippen LogP contribution < -0.4 is 22.1 Å². The standard InChI is InChI=1S/C6H14N4O3/c1-13-4(2-9-5(7)11)3-10-6(8)12/h4H,2-3H2,1H3,(H3,7,9,11)(H3,8,10,12). The van der Waals surface area contributed by atoms with Crippen LogP contribution in [0.2, 0.25) is 0 Å². The number of primary amides is 2. The van der Waals surface area contributed by atoms with Gasteiger partial charge in [-0.15, -0.1) is 0 Å². The molecular formula is C6H14N4O3. The Balaban J connectivity index is 3.63. The Morgan fingerprint density at radius 1 is 1.23 bits per heavy atom. The molecule has 0 rings (SSSR count). The van der Waals surface area contributed by atoms with E-state index in [1.54, 1.807) is 0 Å². The first kappa shape index (κ1) is 11.5. The summed E-state index contributed by atoms with van der Waals surface area (Å²) in [4.78, 5) is 20.6. The topological polar surface area (TPSA) is 119 Å². The summed E-state index contributed by atoms with van der Waals surface area (Å²) in [7, 11) is 1.45. The molecule has 6 N–H and O–H groups in total. The molecule has 0 aromatic heterocycles. The van der Waals surface area contributed by atoms with Gasteiger partial charge < -0.3 is 26.8 Å². The van der Waals surface area contributed by atoms with Gasteiger partial charge in [0.25, 0.3) is 0 Å².